The van der Waals surface area contributed by atoms with E-state index in [-0.39, 0.29) is 5.91 Å². The Labute approximate surface area is 177 Å². The second kappa shape index (κ2) is 10.6. The summed E-state index contributed by atoms with van der Waals surface area (Å²) < 4.78 is 5.12. The minimum Gasteiger partial charge on any atom is -0.497 e. The molecule has 154 valence electrons. The van der Waals surface area contributed by atoms with Crippen molar-refractivity contribution in [1.82, 2.24) is 15.8 Å². The maximum Gasteiger partial charge on any atom is 0.239 e. The average Bonchev–Trinajstić information content (AvgIpc) is 2.78. The van der Waals surface area contributed by atoms with Gasteiger partial charge in [-0.15, -0.1) is 0 Å². The van der Waals surface area contributed by atoms with Crippen molar-refractivity contribution in [3.63, 3.8) is 0 Å². The molecule has 0 bridgehead atoms. The van der Waals surface area contributed by atoms with Crippen LogP contribution in [-0.4, -0.2) is 55.8 Å². The molecule has 8 heteroatoms. The summed E-state index contributed by atoms with van der Waals surface area (Å²) in [6.07, 6.45) is 0.420. The number of nitrogens with zero attached hydrogens (tertiary/aromatic N) is 2. The zero-order valence-electron chi connectivity index (χ0n) is 16.6. The van der Waals surface area contributed by atoms with E-state index in [4.69, 9.17) is 17.0 Å². The second-order valence-electron chi connectivity index (χ2n) is 6.77. The number of nitrogens with one attached hydrogen (secondary N) is 3. The molecule has 3 rings (SSSR count). The Morgan fingerprint density at radius 1 is 1.00 bits per heavy atom. The normalized spacial score (nSPS) is 14.2. The Bertz CT molecular complexity index is 792. The number of anilines is 2. The van der Waals surface area contributed by atoms with Crippen LogP contribution in [-0.2, 0) is 4.79 Å². The molecule has 1 aliphatic rings. The predicted octanol–water partition coefficient (Wildman–Crippen LogP) is 2.23. The van der Waals surface area contributed by atoms with Gasteiger partial charge in [0.15, 0.2) is 5.11 Å². The quantitative estimate of drug-likeness (QED) is 0.496. The number of carbonyl (C=O) groups excluding carboxylic acids is 1. The lowest BCUT2D eigenvalue weighted by molar-refractivity contribution is -0.122. The molecule has 0 spiro atoms. The van der Waals surface area contributed by atoms with E-state index in [1.807, 2.05) is 30.3 Å². The van der Waals surface area contributed by atoms with E-state index in [1.165, 1.54) is 5.69 Å². The molecule has 1 fully saturated rings. The van der Waals surface area contributed by atoms with Gasteiger partial charge in [0.1, 0.15) is 5.75 Å². The van der Waals surface area contributed by atoms with Crippen LogP contribution in [0.5, 0.6) is 5.75 Å². The number of thiocarbonyl (C=S) groups is 1. The molecule has 0 aliphatic carbocycles. The number of methoxy groups -OCH3 is 1. The van der Waals surface area contributed by atoms with Crippen molar-refractivity contribution in [3.05, 3.63) is 54.6 Å². The number of rotatable bonds is 6. The Balaban J connectivity index is 1.31. The first kappa shape index (κ1) is 20.9. The fourth-order valence-electron chi connectivity index (χ4n) is 3.15. The van der Waals surface area contributed by atoms with Gasteiger partial charge in [-0.05, 0) is 48.6 Å². The molecule has 1 saturated heterocycles. The first-order chi connectivity index (χ1) is 14.1. The number of carbonyl (C=O) groups is 1. The number of piperazine rings is 1. The number of hydrazine groups is 1. The van der Waals surface area contributed by atoms with Gasteiger partial charge in [-0.25, -0.2) is 0 Å². The molecule has 1 aliphatic heterocycles. The van der Waals surface area contributed by atoms with Crippen LogP contribution in [0.15, 0.2) is 54.6 Å². The first-order valence-electron chi connectivity index (χ1n) is 9.66. The van der Waals surface area contributed by atoms with Gasteiger partial charge in [0.2, 0.25) is 5.91 Å². The summed E-state index contributed by atoms with van der Waals surface area (Å²) >= 11 is 5.20. The summed E-state index contributed by atoms with van der Waals surface area (Å²) in [5.41, 5.74) is 7.45. The van der Waals surface area contributed by atoms with E-state index < -0.39 is 0 Å². The minimum absolute atomic E-state index is 0.0885. The molecule has 0 saturated carbocycles. The molecule has 1 heterocycles. The second-order valence-corrected chi connectivity index (χ2v) is 7.18. The Hall–Kier alpha value is -2.84. The minimum atomic E-state index is -0.0885. The molecular weight excluding hydrogens is 386 g/mol. The number of hydrogen-bond donors (Lipinski definition) is 3. The highest BCUT2D eigenvalue weighted by Gasteiger charge is 2.17. The zero-order valence-corrected chi connectivity index (χ0v) is 17.4. The number of benzene rings is 2. The number of hydrogen-bond acceptors (Lipinski definition) is 5. The molecule has 1 amide bonds. The van der Waals surface area contributed by atoms with Gasteiger partial charge in [0.25, 0.3) is 0 Å². The average molecular weight is 414 g/mol. The predicted molar refractivity (Wildman–Crippen MR) is 120 cm³/mol. The van der Waals surface area contributed by atoms with Crippen molar-refractivity contribution >= 4 is 34.6 Å². The van der Waals surface area contributed by atoms with Gasteiger partial charge in [-0.3, -0.25) is 20.5 Å². The van der Waals surface area contributed by atoms with E-state index in [0.717, 1.165) is 44.2 Å². The smallest absolute Gasteiger partial charge is 0.239 e. The standard InChI is InChI=1S/C21H27N5O2S/c1-28-19-9-7-17(8-10-19)22-21(29)24-23-20(27)11-12-25-13-15-26(16-14-25)18-5-3-2-4-6-18/h2-10H,11-16H2,1H3,(H,23,27)(H2,22,24,29). The van der Waals surface area contributed by atoms with Gasteiger partial charge < -0.3 is 15.0 Å². The van der Waals surface area contributed by atoms with Crippen molar-refractivity contribution < 1.29 is 9.53 Å². The molecule has 2 aromatic carbocycles. The summed E-state index contributed by atoms with van der Waals surface area (Å²) in [4.78, 5) is 16.8. The molecule has 0 atom stereocenters. The van der Waals surface area contributed by atoms with Gasteiger partial charge in [-0.2, -0.15) is 0 Å². The summed E-state index contributed by atoms with van der Waals surface area (Å²) in [6, 6.07) is 17.8. The third kappa shape index (κ3) is 6.62. The van der Waals surface area contributed by atoms with Gasteiger partial charge in [0.05, 0.1) is 7.11 Å². The van der Waals surface area contributed by atoms with E-state index >= 15 is 0 Å². The molecule has 7 nitrogen and oxygen atoms in total. The zero-order chi connectivity index (χ0) is 20.5. The summed E-state index contributed by atoms with van der Waals surface area (Å²) in [6.45, 7) is 4.58. The van der Waals surface area contributed by atoms with Gasteiger partial charge >= 0.3 is 0 Å². The largest absolute Gasteiger partial charge is 0.497 e. The van der Waals surface area contributed by atoms with Crippen LogP contribution >= 0.6 is 12.2 Å². The Kier molecular flexibility index (Phi) is 7.66. The maximum atomic E-state index is 12.1. The molecule has 2 aromatic rings. The van der Waals surface area contributed by atoms with Gasteiger partial charge in [-0.1, -0.05) is 18.2 Å². The van der Waals surface area contributed by atoms with Crippen molar-refractivity contribution in [2.45, 2.75) is 6.42 Å². The van der Waals surface area contributed by atoms with Crippen LogP contribution in [0.4, 0.5) is 11.4 Å². The van der Waals surface area contributed by atoms with Crippen LogP contribution in [0, 0.1) is 0 Å². The van der Waals surface area contributed by atoms with Crippen LogP contribution in [0.2, 0.25) is 0 Å². The number of ether oxygens (including phenoxy) is 1. The molecule has 3 N–H and O–H groups in total. The van der Waals surface area contributed by atoms with Crippen LogP contribution in [0.3, 0.4) is 0 Å². The van der Waals surface area contributed by atoms with Crippen LogP contribution in [0.25, 0.3) is 0 Å². The number of amides is 1. The van der Waals surface area contributed by atoms with Crippen molar-refractivity contribution in [1.29, 1.82) is 0 Å². The van der Waals surface area contributed by atoms with Crippen LogP contribution in [0.1, 0.15) is 6.42 Å². The fourth-order valence-corrected chi connectivity index (χ4v) is 3.32. The van der Waals surface area contributed by atoms with E-state index in [2.05, 4.69) is 50.2 Å². The molecule has 0 aromatic heterocycles. The fraction of sp³-hybridized carbons (Fsp3) is 0.333. The lowest BCUT2D eigenvalue weighted by atomic mass is 10.2. The first-order valence-corrected chi connectivity index (χ1v) is 10.1. The topological polar surface area (TPSA) is 68.9 Å². The highest BCUT2D eigenvalue weighted by Crippen LogP contribution is 2.16. The van der Waals surface area contributed by atoms with Crippen LogP contribution < -0.4 is 25.8 Å². The molecule has 29 heavy (non-hydrogen) atoms. The Morgan fingerprint density at radius 2 is 1.69 bits per heavy atom. The summed E-state index contributed by atoms with van der Waals surface area (Å²) in [5.74, 6) is 0.682. The molecule has 0 unspecified atom stereocenters. The van der Waals surface area contributed by atoms with E-state index in [0.29, 0.717) is 11.5 Å². The van der Waals surface area contributed by atoms with Crippen molar-refractivity contribution in [2.75, 3.05) is 50.1 Å². The number of para-hydroxylation sites is 1. The van der Waals surface area contributed by atoms with Gasteiger partial charge in [0, 0.05) is 50.5 Å². The summed E-state index contributed by atoms with van der Waals surface area (Å²) in [5, 5.41) is 3.34. The lowest BCUT2D eigenvalue weighted by Gasteiger charge is -2.36. The Morgan fingerprint density at radius 3 is 2.34 bits per heavy atom. The summed E-state index contributed by atoms with van der Waals surface area (Å²) in [7, 11) is 1.62. The third-order valence-corrected chi connectivity index (χ3v) is 5.02. The molecule has 0 radical (unpaired) electrons. The SMILES string of the molecule is COc1ccc(NC(=S)NNC(=O)CCN2CCN(c3ccccc3)CC2)cc1. The van der Waals surface area contributed by atoms with Crippen molar-refractivity contribution in [2.24, 2.45) is 0 Å². The highest BCUT2D eigenvalue weighted by atomic mass is 32.1. The third-order valence-electron chi connectivity index (χ3n) is 4.81. The van der Waals surface area contributed by atoms with E-state index in [1.54, 1.807) is 7.11 Å². The maximum absolute atomic E-state index is 12.1. The monoisotopic (exact) mass is 413 g/mol. The lowest BCUT2D eigenvalue weighted by Crippen LogP contribution is -2.48. The van der Waals surface area contributed by atoms with E-state index in [9.17, 15) is 4.79 Å². The van der Waals surface area contributed by atoms with Crippen molar-refractivity contribution in [3.8, 4) is 5.75 Å². The highest BCUT2D eigenvalue weighted by molar-refractivity contribution is 7.80. The molecular formula is C21H27N5O2S.